The van der Waals surface area contributed by atoms with Crippen molar-refractivity contribution in [3.8, 4) is 0 Å². The van der Waals surface area contributed by atoms with E-state index >= 15 is 0 Å². The second-order valence-electron chi connectivity index (χ2n) is 8.62. The largest absolute Gasteiger partial charge is 0.462 e. The maximum absolute atomic E-state index is 14.0. The molecule has 0 saturated heterocycles. The van der Waals surface area contributed by atoms with Crippen molar-refractivity contribution in [1.82, 2.24) is 0 Å². The van der Waals surface area contributed by atoms with E-state index in [2.05, 4.69) is 0 Å². The number of allylic oxidation sites excluding steroid dienone is 1. The molecule has 0 radical (unpaired) electrons. The van der Waals surface area contributed by atoms with Crippen molar-refractivity contribution in [1.29, 1.82) is 0 Å². The molecule has 0 aromatic heterocycles. The SMILES string of the molecule is CCOC(=O)C1=C(N)OC2=C(C(=O)CC(C)(C)C2)[C@@]12C(=O)N(CC)c1ccccc12. The zero-order valence-corrected chi connectivity index (χ0v) is 17.7. The molecule has 4 rings (SSSR count). The Balaban J connectivity index is 2.10. The number of esters is 1. The number of hydrogen-bond acceptors (Lipinski definition) is 6. The van der Waals surface area contributed by atoms with Gasteiger partial charge in [0.05, 0.1) is 12.2 Å². The van der Waals surface area contributed by atoms with E-state index in [9.17, 15) is 14.4 Å². The molecule has 2 aliphatic heterocycles. The number of carbonyl (C=O) groups excluding carboxylic acids is 3. The van der Waals surface area contributed by atoms with Crippen LogP contribution in [0.15, 0.2) is 47.1 Å². The third kappa shape index (κ3) is 2.54. The van der Waals surface area contributed by atoms with E-state index in [-0.39, 0.29) is 47.2 Å². The first-order valence-corrected chi connectivity index (χ1v) is 10.2. The number of benzene rings is 1. The van der Waals surface area contributed by atoms with Gasteiger partial charge in [0.15, 0.2) is 5.78 Å². The molecule has 1 aromatic rings. The van der Waals surface area contributed by atoms with Crippen molar-refractivity contribution < 1.29 is 23.9 Å². The average molecular weight is 410 g/mol. The molecule has 1 spiro atoms. The fourth-order valence-corrected chi connectivity index (χ4v) is 4.97. The Morgan fingerprint density at radius 3 is 2.57 bits per heavy atom. The van der Waals surface area contributed by atoms with Gasteiger partial charge in [-0.2, -0.15) is 0 Å². The highest BCUT2D eigenvalue weighted by Gasteiger charge is 2.64. The first-order chi connectivity index (χ1) is 14.2. The van der Waals surface area contributed by atoms with Crippen LogP contribution in [0.1, 0.15) is 46.1 Å². The quantitative estimate of drug-likeness (QED) is 0.770. The Morgan fingerprint density at radius 1 is 1.20 bits per heavy atom. The van der Waals surface area contributed by atoms with Crippen LogP contribution in [0.2, 0.25) is 0 Å². The Kier molecular flexibility index (Phi) is 4.52. The highest BCUT2D eigenvalue weighted by Crippen LogP contribution is 2.57. The predicted molar refractivity (Wildman–Crippen MR) is 110 cm³/mol. The summed E-state index contributed by atoms with van der Waals surface area (Å²) in [4.78, 5) is 42.1. The minimum atomic E-state index is -1.65. The number of amides is 1. The van der Waals surface area contributed by atoms with Gasteiger partial charge in [-0.15, -0.1) is 0 Å². The lowest BCUT2D eigenvalue weighted by molar-refractivity contribution is -0.141. The molecule has 0 unspecified atom stereocenters. The molecule has 1 aromatic carbocycles. The monoisotopic (exact) mass is 410 g/mol. The third-order valence-corrected chi connectivity index (χ3v) is 6.03. The van der Waals surface area contributed by atoms with Gasteiger partial charge < -0.3 is 20.1 Å². The van der Waals surface area contributed by atoms with Crippen LogP contribution >= 0.6 is 0 Å². The molecule has 1 atom stereocenters. The smallest absolute Gasteiger partial charge is 0.341 e. The summed E-state index contributed by atoms with van der Waals surface area (Å²) in [5, 5.41) is 0. The Hall–Kier alpha value is -3.09. The van der Waals surface area contributed by atoms with Gasteiger partial charge in [0.2, 0.25) is 11.8 Å². The topological polar surface area (TPSA) is 98.9 Å². The number of nitrogens with zero attached hydrogens (tertiary/aromatic N) is 1. The Morgan fingerprint density at radius 2 is 1.90 bits per heavy atom. The summed E-state index contributed by atoms with van der Waals surface area (Å²) >= 11 is 0. The molecule has 30 heavy (non-hydrogen) atoms. The molecule has 1 aliphatic carbocycles. The second-order valence-corrected chi connectivity index (χ2v) is 8.62. The second kappa shape index (κ2) is 6.72. The summed E-state index contributed by atoms with van der Waals surface area (Å²) in [5.41, 5.74) is 5.59. The van der Waals surface area contributed by atoms with Crippen LogP contribution in [0, 0.1) is 5.41 Å². The van der Waals surface area contributed by atoms with Crippen molar-refractivity contribution in [3.05, 3.63) is 52.6 Å². The molecular weight excluding hydrogens is 384 g/mol. The average Bonchev–Trinajstić information content (AvgIpc) is 2.89. The van der Waals surface area contributed by atoms with Crippen LogP contribution in [0.4, 0.5) is 5.69 Å². The highest BCUT2D eigenvalue weighted by molar-refractivity contribution is 6.23. The number of rotatable bonds is 3. The predicted octanol–water partition coefficient (Wildman–Crippen LogP) is 2.70. The summed E-state index contributed by atoms with van der Waals surface area (Å²) in [6.45, 7) is 7.95. The van der Waals surface area contributed by atoms with E-state index in [0.717, 1.165) is 0 Å². The van der Waals surface area contributed by atoms with Crippen molar-refractivity contribution in [2.24, 2.45) is 11.1 Å². The molecule has 3 aliphatic rings. The summed E-state index contributed by atoms with van der Waals surface area (Å²) in [6, 6.07) is 7.21. The number of nitrogens with two attached hydrogens (primary N) is 1. The normalized spacial score (nSPS) is 24.7. The molecular formula is C23H26N2O5. The number of carbonyl (C=O) groups is 3. The Labute approximate surface area is 175 Å². The minimum absolute atomic E-state index is 0.103. The number of Topliss-reactive ketones (excluding diaryl/α,β-unsaturated/α-hetero) is 1. The standard InChI is InChI=1S/C23H26N2O5/c1-5-25-14-10-8-7-9-13(14)23(21(25)28)17-15(26)11-22(3,4)12-16(17)30-19(24)18(23)20(27)29-6-2/h7-10H,5-6,11-12,24H2,1-4H3/t23-/m1/s1. The molecule has 7 nitrogen and oxygen atoms in total. The van der Waals surface area contributed by atoms with Gasteiger partial charge in [0.1, 0.15) is 16.7 Å². The van der Waals surface area contributed by atoms with Crippen LogP contribution in [0.5, 0.6) is 0 Å². The fourth-order valence-electron chi connectivity index (χ4n) is 4.97. The number of fused-ring (bicyclic) bond motifs is 3. The maximum Gasteiger partial charge on any atom is 0.341 e. The first kappa shape index (κ1) is 20.2. The zero-order chi connectivity index (χ0) is 21.8. The molecule has 0 fully saturated rings. The number of ether oxygens (including phenoxy) is 2. The van der Waals surface area contributed by atoms with Crippen LogP contribution in [0.3, 0.4) is 0 Å². The number of hydrogen-bond donors (Lipinski definition) is 1. The van der Waals surface area contributed by atoms with Crippen molar-refractivity contribution in [2.45, 2.75) is 46.0 Å². The summed E-state index contributed by atoms with van der Waals surface area (Å²) < 4.78 is 11.1. The van der Waals surface area contributed by atoms with E-state index in [1.165, 1.54) is 0 Å². The van der Waals surface area contributed by atoms with Crippen molar-refractivity contribution in [3.63, 3.8) is 0 Å². The van der Waals surface area contributed by atoms with Crippen LogP contribution in [-0.4, -0.2) is 30.8 Å². The summed E-state index contributed by atoms with van der Waals surface area (Å²) in [5.74, 6) is -1.15. The fraction of sp³-hybridized carbons (Fsp3) is 0.435. The van der Waals surface area contributed by atoms with Crippen molar-refractivity contribution in [2.75, 3.05) is 18.1 Å². The number of likely N-dealkylation sites (N-methyl/N-ethyl adjacent to an activating group) is 1. The van der Waals surface area contributed by atoms with E-state index in [0.29, 0.717) is 30.0 Å². The molecule has 0 bridgehead atoms. The van der Waals surface area contributed by atoms with Gasteiger partial charge >= 0.3 is 5.97 Å². The molecule has 1 amide bonds. The highest BCUT2D eigenvalue weighted by atomic mass is 16.5. The van der Waals surface area contributed by atoms with E-state index in [1.54, 1.807) is 24.0 Å². The maximum atomic E-state index is 14.0. The summed E-state index contributed by atoms with van der Waals surface area (Å²) in [7, 11) is 0. The lowest BCUT2D eigenvalue weighted by Crippen LogP contribution is -2.52. The lowest BCUT2D eigenvalue weighted by Gasteiger charge is -2.42. The zero-order valence-electron chi connectivity index (χ0n) is 17.7. The number of para-hydroxylation sites is 1. The molecule has 7 heteroatoms. The minimum Gasteiger partial charge on any atom is -0.462 e. The lowest BCUT2D eigenvalue weighted by atomic mass is 9.62. The van der Waals surface area contributed by atoms with Gasteiger partial charge in [-0.3, -0.25) is 9.59 Å². The van der Waals surface area contributed by atoms with Gasteiger partial charge in [0.25, 0.3) is 0 Å². The number of ketones is 1. The van der Waals surface area contributed by atoms with E-state index in [4.69, 9.17) is 15.2 Å². The first-order valence-electron chi connectivity index (χ1n) is 10.2. The van der Waals surface area contributed by atoms with E-state index < -0.39 is 11.4 Å². The Bertz CT molecular complexity index is 1040. The van der Waals surface area contributed by atoms with E-state index in [1.807, 2.05) is 32.9 Å². The van der Waals surface area contributed by atoms with Crippen LogP contribution < -0.4 is 10.6 Å². The molecule has 158 valence electrons. The molecule has 0 saturated carbocycles. The van der Waals surface area contributed by atoms with Gasteiger partial charge in [-0.1, -0.05) is 32.0 Å². The molecule has 2 N–H and O–H groups in total. The third-order valence-electron chi connectivity index (χ3n) is 6.03. The number of anilines is 1. The van der Waals surface area contributed by atoms with Gasteiger partial charge in [0, 0.05) is 30.6 Å². The summed E-state index contributed by atoms with van der Waals surface area (Å²) in [6.07, 6.45) is 0.683. The van der Waals surface area contributed by atoms with Crippen molar-refractivity contribution >= 4 is 23.3 Å². The van der Waals surface area contributed by atoms with Crippen LogP contribution in [-0.2, 0) is 29.3 Å². The van der Waals surface area contributed by atoms with Gasteiger partial charge in [-0.05, 0) is 25.3 Å². The molecule has 2 heterocycles. The van der Waals surface area contributed by atoms with Gasteiger partial charge in [-0.25, -0.2) is 4.79 Å². The van der Waals surface area contributed by atoms with Crippen LogP contribution in [0.25, 0.3) is 0 Å².